The average Bonchev–Trinajstić information content (AvgIpc) is 3.08. The molecule has 1 saturated carbocycles. The number of hydrogen-bond donors (Lipinski definition) is 2. The van der Waals surface area contributed by atoms with E-state index in [1.807, 2.05) is 12.1 Å². The third-order valence-electron chi connectivity index (χ3n) is 7.05. The monoisotopic (exact) mass is 486 g/mol. The second-order valence-corrected chi connectivity index (χ2v) is 9.87. The highest BCUT2D eigenvalue weighted by atomic mass is 35.5. The molecule has 3 unspecified atom stereocenters. The van der Waals surface area contributed by atoms with E-state index in [1.54, 1.807) is 13.2 Å². The molecule has 0 spiro atoms. The maximum Gasteiger partial charge on any atom is 0.162 e. The van der Waals surface area contributed by atoms with E-state index < -0.39 is 5.82 Å². The number of aliphatic hydroxyl groups excluding tert-OH is 1. The first-order valence-corrected chi connectivity index (χ1v) is 11.8. The van der Waals surface area contributed by atoms with Gasteiger partial charge in [-0.2, -0.15) is 0 Å². The molecule has 2 fully saturated rings. The molecule has 2 aromatic carbocycles. The van der Waals surface area contributed by atoms with Gasteiger partial charge in [0.05, 0.1) is 30.4 Å². The lowest BCUT2D eigenvalue weighted by molar-refractivity contribution is -0.0639. The first-order valence-electron chi connectivity index (χ1n) is 11.4. The molecule has 7 nitrogen and oxygen atoms in total. The van der Waals surface area contributed by atoms with Gasteiger partial charge in [-0.1, -0.05) is 18.5 Å². The molecule has 3 atom stereocenters. The lowest BCUT2D eigenvalue weighted by Crippen LogP contribution is -2.48. The molecule has 5 rings (SSSR count). The second-order valence-electron chi connectivity index (χ2n) is 9.47. The van der Waals surface area contributed by atoms with E-state index in [-0.39, 0.29) is 16.5 Å². The Morgan fingerprint density at radius 2 is 2.12 bits per heavy atom. The lowest BCUT2D eigenvalue weighted by atomic mass is 9.61. The molecule has 2 heterocycles. The number of aromatic nitrogens is 2. The molecule has 34 heavy (non-hydrogen) atoms. The number of fused-ring (bicyclic) bond motifs is 2. The highest BCUT2D eigenvalue weighted by molar-refractivity contribution is 6.31. The van der Waals surface area contributed by atoms with Crippen LogP contribution >= 0.6 is 11.6 Å². The number of nitrogens with one attached hydrogen (secondary N) is 1. The summed E-state index contributed by atoms with van der Waals surface area (Å²) in [5.41, 5.74) is 1.57. The van der Waals surface area contributed by atoms with Crippen LogP contribution in [0.25, 0.3) is 10.9 Å². The van der Waals surface area contributed by atoms with Crippen molar-refractivity contribution >= 4 is 34.0 Å². The van der Waals surface area contributed by atoms with Gasteiger partial charge >= 0.3 is 0 Å². The van der Waals surface area contributed by atoms with Crippen LogP contribution in [-0.2, 0) is 0 Å². The van der Waals surface area contributed by atoms with E-state index in [4.69, 9.17) is 21.1 Å². The maximum atomic E-state index is 13.5. The Morgan fingerprint density at radius 1 is 1.26 bits per heavy atom. The van der Waals surface area contributed by atoms with Gasteiger partial charge in [0.15, 0.2) is 11.5 Å². The lowest BCUT2D eigenvalue weighted by Gasteiger charge is -2.45. The highest BCUT2D eigenvalue weighted by Crippen LogP contribution is 2.51. The molecule has 3 aromatic rings. The third kappa shape index (κ3) is 4.37. The van der Waals surface area contributed by atoms with Crippen LogP contribution in [-0.4, -0.2) is 59.4 Å². The van der Waals surface area contributed by atoms with Gasteiger partial charge in [0.25, 0.3) is 0 Å². The third-order valence-corrected chi connectivity index (χ3v) is 7.34. The van der Waals surface area contributed by atoms with Crippen molar-refractivity contribution in [3.8, 4) is 11.5 Å². The van der Waals surface area contributed by atoms with Gasteiger partial charge < -0.3 is 24.8 Å². The summed E-state index contributed by atoms with van der Waals surface area (Å²) in [7, 11) is 1.60. The summed E-state index contributed by atoms with van der Waals surface area (Å²) in [6.45, 7) is 5.72. The van der Waals surface area contributed by atoms with Gasteiger partial charge in [-0.15, -0.1) is 0 Å². The van der Waals surface area contributed by atoms with Gasteiger partial charge in [0.1, 0.15) is 18.0 Å². The van der Waals surface area contributed by atoms with E-state index in [1.165, 1.54) is 18.5 Å². The molecule has 9 heteroatoms. The number of anilines is 2. The summed E-state index contributed by atoms with van der Waals surface area (Å²) in [5.74, 6) is 1.67. The highest BCUT2D eigenvalue weighted by Gasteiger charge is 2.54. The molecule has 2 N–H and O–H groups in total. The van der Waals surface area contributed by atoms with Gasteiger partial charge in [0, 0.05) is 42.7 Å². The molecular formula is C25H28ClFN4O3. The van der Waals surface area contributed by atoms with Crippen LogP contribution in [0.3, 0.4) is 0 Å². The van der Waals surface area contributed by atoms with Gasteiger partial charge in [-0.25, -0.2) is 14.4 Å². The second kappa shape index (κ2) is 9.17. The smallest absolute Gasteiger partial charge is 0.162 e. The van der Waals surface area contributed by atoms with E-state index in [0.717, 1.165) is 37.9 Å². The minimum absolute atomic E-state index is 0.0311. The number of hydrogen-bond acceptors (Lipinski definition) is 7. The van der Waals surface area contributed by atoms with Crippen molar-refractivity contribution < 1.29 is 19.0 Å². The van der Waals surface area contributed by atoms with Gasteiger partial charge in [-0.05, 0) is 42.5 Å². The largest absolute Gasteiger partial charge is 0.493 e. The van der Waals surface area contributed by atoms with Crippen LogP contribution in [0, 0.1) is 17.2 Å². The van der Waals surface area contributed by atoms with E-state index in [2.05, 4.69) is 27.1 Å². The molecule has 180 valence electrons. The van der Waals surface area contributed by atoms with Crippen LogP contribution in [0.1, 0.15) is 19.8 Å². The Bertz CT molecular complexity index is 1210. The quantitative estimate of drug-likeness (QED) is 0.449. The fourth-order valence-corrected chi connectivity index (χ4v) is 5.42. The van der Waals surface area contributed by atoms with Crippen LogP contribution in [0.2, 0.25) is 5.02 Å². The molecule has 0 bridgehead atoms. The van der Waals surface area contributed by atoms with Crippen LogP contribution < -0.4 is 14.8 Å². The summed E-state index contributed by atoms with van der Waals surface area (Å²) in [6.07, 6.45) is 3.08. The van der Waals surface area contributed by atoms with E-state index >= 15 is 0 Å². The van der Waals surface area contributed by atoms with Gasteiger partial charge in [-0.3, -0.25) is 0 Å². The summed E-state index contributed by atoms with van der Waals surface area (Å²) >= 11 is 5.92. The zero-order chi connectivity index (χ0) is 23.9. The van der Waals surface area contributed by atoms with Crippen molar-refractivity contribution in [2.45, 2.75) is 25.9 Å². The molecule has 1 aliphatic carbocycles. The molecule has 0 radical (unpaired) electrons. The summed E-state index contributed by atoms with van der Waals surface area (Å²) in [6, 6.07) is 8.08. The fourth-order valence-electron chi connectivity index (χ4n) is 5.24. The Labute approximate surface area is 202 Å². The summed E-state index contributed by atoms with van der Waals surface area (Å²) in [4.78, 5) is 11.1. The van der Waals surface area contributed by atoms with Crippen molar-refractivity contribution in [2.24, 2.45) is 11.3 Å². The zero-order valence-electron chi connectivity index (χ0n) is 19.2. The Hall–Kier alpha value is -2.68. The van der Waals surface area contributed by atoms with Crippen molar-refractivity contribution in [1.29, 1.82) is 0 Å². The van der Waals surface area contributed by atoms with Crippen LogP contribution in [0.5, 0.6) is 11.5 Å². The number of halogens is 2. The molecule has 2 aliphatic rings. The Kier molecular flexibility index (Phi) is 6.22. The molecule has 0 amide bonds. The molecular weight excluding hydrogens is 459 g/mol. The number of likely N-dealkylation sites (tertiary alicyclic amines) is 1. The Balaban J connectivity index is 1.28. The SMILES string of the molecule is COc1cc2ncnc(Nc3ccc(F)c(Cl)c3)c2cc1OCCCN1CC2C(O)CC2(C)C1. The van der Waals surface area contributed by atoms with Gasteiger partial charge in [0.2, 0.25) is 0 Å². The predicted molar refractivity (Wildman–Crippen MR) is 130 cm³/mol. The maximum absolute atomic E-state index is 13.5. The predicted octanol–water partition coefficient (Wildman–Crippen LogP) is 4.65. The zero-order valence-corrected chi connectivity index (χ0v) is 20.0. The fraction of sp³-hybridized carbons (Fsp3) is 0.440. The normalized spacial score (nSPS) is 24.0. The number of methoxy groups -OCH3 is 1. The average molecular weight is 487 g/mol. The first kappa shape index (κ1) is 23.1. The molecule has 1 aromatic heterocycles. The first-order chi connectivity index (χ1) is 16.4. The van der Waals surface area contributed by atoms with Crippen molar-refractivity contribution in [2.75, 3.05) is 38.7 Å². The standard InChI is InChI=1S/C25H28ClFN4O3/c1-25-11-21(32)17(25)12-31(13-25)6-3-7-34-23-9-16-20(10-22(23)33-2)28-14-29-24(16)30-15-4-5-19(27)18(26)8-15/h4-5,8-10,14,17,21,32H,3,6-7,11-13H2,1-2H3,(H,28,29,30). The number of benzene rings is 2. The summed E-state index contributed by atoms with van der Waals surface area (Å²) < 4.78 is 25.1. The molecule has 1 saturated heterocycles. The minimum Gasteiger partial charge on any atom is -0.493 e. The topological polar surface area (TPSA) is 79.7 Å². The Morgan fingerprint density at radius 3 is 2.85 bits per heavy atom. The van der Waals surface area contributed by atoms with Crippen molar-refractivity contribution in [3.63, 3.8) is 0 Å². The number of rotatable bonds is 8. The van der Waals surface area contributed by atoms with Crippen LogP contribution in [0.15, 0.2) is 36.7 Å². The minimum atomic E-state index is -0.480. The van der Waals surface area contributed by atoms with E-state index in [9.17, 15) is 9.50 Å². The number of nitrogens with zero attached hydrogens (tertiary/aromatic N) is 3. The number of ether oxygens (including phenoxy) is 2. The molecule has 1 aliphatic heterocycles. The van der Waals surface area contributed by atoms with Crippen LogP contribution in [0.4, 0.5) is 15.9 Å². The number of aliphatic hydroxyl groups is 1. The van der Waals surface area contributed by atoms with Crippen molar-refractivity contribution in [1.82, 2.24) is 14.9 Å². The summed E-state index contributed by atoms with van der Waals surface area (Å²) in [5, 5.41) is 14.0. The van der Waals surface area contributed by atoms with E-state index in [0.29, 0.717) is 41.0 Å². The van der Waals surface area contributed by atoms with Crippen molar-refractivity contribution in [3.05, 3.63) is 47.5 Å².